The molecule has 0 spiro atoms. The molecule has 4 heterocycles. The zero-order chi connectivity index (χ0) is 33.5. The van der Waals surface area contributed by atoms with Gasteiger partial charge in [-0.3, -0.25) is 0 Å². The van der Waals surface area contributed by atoms with Crippen molar-refractivity contribution in [1.82, 2.24) is 19.5 Å². The van der Waals surface area contributed by atoms with Gasteiger partial charge in [0.2, 0.25) is 0 Å². The summed E-state index contributed by atoms with van der Waals surface area (Å²) in [4.78, 5) is 15.6. The first-order valence-corrected chi connectivity index (χ1v) is 16.8. The molecule has 6 heteroatoms. The van der Waals surface area contributed by atoms with Gasteiger partial charge < -0.3 is 13.4 Å². The Morgan fingerprint density at radius 1 is 0.471 bits per heavy atom. The maximum atomic E-state index is 6.48. The number of hydrogen-bond acceptors (Lipinski definition) is 5. The molecule has 0 saturated carbocycles. The minimum Gasteiger partial charge on any atom is -0.456 e. The lowest BCUT2D eigenvalue weighted by atomic mass is 10.0. The molecule has 0 amide bonds. The van der Waals surface area contributed by atoms with Gasteiger partial charge in [0.25, 0.3) is 0 Å². The van der Waals surface area contributed by atoms with Gasteiger partial charge in [0.05, 0.1) is 22.3 Å². The van der Waals surface area contributed by atoms with E-state index in [9.17, 15) is 0 Å². The van der Waals surface area contributed by atoms with Crippen LogP contribution in [0, 0.1) is 12.1 Å². The van der Waals surface area contributed by atoms with Crippen LogP contribution in [0.3, 0.4) is 0 Å². The Kier molecular flexibility index (Phi) is 5.77. The fourth-order valence-corrected chi connectivity index (χ4v) is 7.50. The average Bonchev–Trinajstić information content (AvgIpc) is 3.87. The van der Waals surface area contributed by atoms with Crippen molar-refractivity contribution in [2.45, 2.75) is 0 Å². The summed E-state index contributed by atoms with van der Waals surface area (Å²) in [5.74, 6) is 1.66. The van der Waals surface area contributed by atoms with Gasteiger partial charge in [-0.05, 0) is 60.7 Å². The number of fused-ring (bicyclic) bond motifs is 9. The van der Waals surface area contributed by atoms with Crippen LogP contribution in [-0.2, 0) is 0 Å². The molecule has 0 N–H and O–H groups in total. The molecule has 11 rings (SSSR count). The van der Waals surface area contributed by atoms with Crippen LogP contribution in [0.1, 0.15) is 0 Å². The predicted molar refractivity (Wildman–Crippen MR) is 203 cm³/mol. The van der Waals surface area contributed by atoms with Gasteiger partial charge in [0, 0.05) is 49.5 Å². The van der Waals surface area contributed by atoms with E-state index in [2.05, 4.69) is 89.5 Å². The molecule has 7 aromatic carbocycles. The highest BCUT2D eigenvalue weighted by Gasteiger charge is 2.22. The van der Waals surface area contributed by atoms with E-state index in [-0.39, 0.29) is 0 Å². The van der Waals surface area contributed by atoms with Gasteiger partial charge in [-0.1, -0.05) is 91.0 Å². The van der Waals surface area contributed by atoms with Crippen LogP contribution in [0.4, 0.5) is 0 Å². The fourth-order valence-electron chi connectivity index (χ4n) is 7.50. The van der Waals surface area contributed by atoms with Crippen LogP contribution in [0.5, 0.6) is 0 Å². The fraction of sp³-hybridized carbons (Fsp3) is 0. The molecule has 6 nitrogen and oxygen atoms in total. The van der Waals surface area contributed by atoms with E-state index in [1.807, 2.05) is 72.8 Å². The second-order valence-corrected chi connectivity index (χ2v) is 12.6. The van der Waals surface area contributed by atoms with Crippen molar-refractivity contribution in [2.24, 2.45) is 0 Å². The SMILES string of the molecule is c1ccc(-n2c3ccccc3c3c(-c4nc(-c5ccc6oc7ccccc7c6c5)nc(-c5cccc6c5oc5ccccc56)n4)cccc32)cc#1. The summed E-state index contributed by atoms with van der Waals surface area (Å²) in [6.45, 7) is 0. The lowest BCUT2D eigenvalue weighted by Crippen LogP contribution is -2.01. The molecule has 0 saturated heterocycles. The van der Waals surface area contributed by atoms with E-state index in [4.69, 9.17) is 23.8 Å². The lowest BCUT2D eigenvalue weighted by molar-refractivity contribution is 0.669. The van der Waals surface area contributed by atoms with Gasteiger partial charge in [-0.15, -0.1) is 0 Å². The molecule has 0 fully saturated rings. The Morgan fingerprint density at radius 3 is 1.96 bits per heavy atom. The molecule has 11 aromatic rings. The Hall–Kier alpha value is -7.23. The highest BCUT2D eigenvalue weighted by Crippen LogP contribution is 2.40. The Morgan fingerprint density at radius 2 is 1.12 bits per heavy atom. The summed E-state index contributed by atoms with van der Waals surface area (Å²) in [6.07, 6.45) is 0. The van der Waals surface area contributed by atoms with Gasteiger partial charge in [0.1, 0.15) is 22.3 Å². The summed E-state index contributed by atoms with van der Waals surface area (Å²) < 4.78 is 14.9. The van der Waals surface area contributed by atoms with Gasteiger partial charge >= 0.3 is 0 Å². The number of nitrogens with zero attached hydrogens (tertiary/aromatic N) is 4. The summed E-state index contributed by atoms with van der Waals surface area (Å²) in [5, 5.41) is 6.28. The highest BCUT2D eigenvalue weighted by atomic mass is 16.3. The predicted octanol–water partition coefficient (Wildman–Crippen LogP) is 11.4. The molecule has 0 atom stereocenters. The third-order valence-corrected chi connectivity index (χ3v) is 9.75. The maximum Gasteiger partial charge on any atom is 0.167 e. The molecule has 51 heavy (non-hydrogen) atoms. The highest BCUT2D eigenvalue weighted by molar-refractivity contribution is 6.15. The molecule has 4 aromatic heterocycles. The zero-order valence-electron chi connectivity index (χ0n) is 27.0. The van der Waals surface area contributed by atoms with Crippen molar-refractivity contribution in [3.8, 4) is 39.9 Å². The number of benzene rings is 6. The minimum absolute atomic E-state index is 0.533. The van der Waals surface area contributed by atoms with Crippen molar-refractivity contribution >= 4 is 65.7 Å². The molecule has 0 aliphatic heterocycles. The first-order chi connectivity index (χ1) is 25.3. The Labute approximate surface area is 290 Å². The molecule has 0 unspecified atom stereocenters. The van der Waals surface area contributed by atoms with E-state index >= 15 is 0 Å². The summed E-state index contributed by atoms with van der Waals surface area (Å²) in [5.41, 5.74) is 8.92. The summed E-state index contributed by atoms with van der Waals surface area (Å²) in [7, 11) is 0. The van der Waals surface area contributed by atoms with E-state index in [1.165, 1.54) is 0 Å². The topological polar surface area (TPSA) is 69.9 Å². The first-order valence-electron chi connectivity index (χ1n) is 16.8. The standard InChI is InChI=1S/C45H24N4O2/c1-2-12-28(13-3-1)49-36-20-7-4-16-32(36)41-33(18-11-21-37(41)49)44-46-43(27-24-25-40-35(26-27)30-15-6-8-22-38(30)50-40)47-45(48-44)34-19-10-17-31-29-14-5-9-23-39(29)51-42(31)34/h2,4-26H. The van der Waals surface area contributed by atoms with Crippen molar-refractivity contribution in [2.75, 3.05) is 0 Å². The first kappa shape index (κ1) is 27.7. The second-order valence-electron chi connectivity index (χ2n) is 12.6. The molecule has 0 aliphatic carbocycles. The molecule has 0 aliphatic rings. The van der Waals surface area contributed by atoms with Crippen molar-refractivity contribution in [1.29, 1.82) is 0 Å². The third-order valence-electron chi connectivity index (χ3n) is 9.75. The van der Waals surface area contributed by atoms with Crippen molar-refractivity contribution in [3.63, 3.8) is 0 Å². The van der Waals surface area contributed by atoms with E-state index in [1.54, 1.807) is 0 Å². The monoisotopic (exact) mass is 652 g/mol. The van der Waals surface area contributed by atoms with E-state index in [0.717, 1.165) is 88.1 Å². The third kappa shape index (κ3) is 4.16. The van der Waals surface area contributed by atoms with E-state index < -0.39 is 0 Å². The molecular weight excluding hydrogens is 629 g/mol. The van der Waals surface area contributed by atoms with Gasteiger partial charge in [-0.2, -0.15) is 0 Å². The Bertz CT molecular complexity index is 3150. The van der Waals surface area contributed by atoms with Crippen molar-refractivity contribution in [3.05, 3.63) is 158 Å². The van der Waals surface area contributed by atoms with Crippen LogP contribution < -0.4 is 0 Å². The smallest absolute Gasteiger partial charge is 0.167 e. The number of aromatic nitrogens is 4. The van der Waals surface area contributed by atoms with Crippen molar-refractivity contribution < 1.29 is 8.83 Å². The number of hydrogen-bond donors (Lipinski definition) is 0. The minimum atomic E-state index is 0.533. The maximum absolute atomic E-state index is 6.48. The number of para-hydroxylation sites is 4. The van der Waals surface area contributed by atoms with Crippen LogP contribution in [-0.4, -0.2) is 19.5 Å². The zero-order valence-corrected chi connectivity index (χ0v) is 27.0. The largest absolute Gasteiger partial charge is 0.456 e. The number of rotatable bonds is 4. The Balaban J connectivity index is 1.21. The van der Waals surface area contributed by atoms with Gasteiger partial charge in [-0.25, -0.2) is 15.0 Å². The molecule has 0 radical (unpaired) electrons. The molecule has 236 valence electrons. The summed E-state index contributed by atoms with van der Waals surface area (Å²) >= 11 is 0. The lowest BCUT2D eigenvalue weighted by Gasteiger charge is -2.10. The molecule has 0 bridgehead atoms. The summed E-state index contributed by atoms with van der Waals surface area (Å²) in [6, 6.07) is 55.3. The average molecular weight is 653 g/mol. The van der Waals surface area contributed by atoms with Crippen LogP contribution in [0.2, 0.25) is 0 Å². The van der Waals surface area contributed by atoms with E-state index in [0.29, 0.717) is 17.5 Å². The quantitative estimate of drug-likeness (QED) is 0.189. The molecular formula is C45H24N4O2. The van der Waals surface area contributed by atoms with Crippen LogP contribution >= 0.6 is 0 Å². The normalized spacial score (nSPS) is 11.8. The second kappa shape index (κ2) is 10.6. The van der Waals surface area contributed by atoms with Crippen LogP contribution in [0.25, 0.3) is 106 Å². The van der Waals surface area contributed by atoms with Gasteiger partial charge in [0.15, 0.2) is 17.5 Å². The number of furan rings is 2. The van der Waals surface area contributed by atoms with Crippen LogP contribution in [0.15, 0.2) is 154 Å².